The summed E-state index contributed by atoms with van der Waals surface area (Å²) in [5.74, 6) is -0.594. The molecular weight excluding hydrogens is 897 g/mol. The number of halogens is 6. The first-order valence-corrected chi connectivity index (χ1v) is 21.1. The molecule has 344 valence electrons. The molecule has 16 nitrogen and oxygen atoms in total. The van der Waals surface area contributed by atoms with Crippen LogP contribution >= 0.6 is 22.7 Å². The number of nitrogens with zero attached hydrogens (tertiary/aromatic N) is 4. The van der Waals surface area contributed by atoms with Crippen LogP contribution in [0.3, 0.4) is 0 Å². The standard InChI is InChI=1S/C17H19F3N4O2S.C17H10F3N3O5S.C6H14N2/c1-21-12-5-7-24(8-6-12)16(25)23-15-22-10-14(27-15)11-3-2-4-13(9-11)26-17(18,19)20;18-17(19,20)28-13-3-1-2-10(8-13)14-9-21-15(29-14)22-16(24)27-12-6-4-11(5-7-12)23(25)26;1-7-6-2-4-8-5-3-6/h2-4,9-10,12,21H,5-8H2,1H3,(H,22,23,25);1-9H,(H,21,22,24);6-8H,2-5H2,1H3. The van der Waals surface area contributed by atoms with E-state index in [1.54, 1.807) is 17.0 Å². The van der Waals surface area contributed by atoms with E-state index in [0.717, 1.165) is 30.2 Å². The number of carbonyl (C=O) groups is 2. The molecule has 2 fully saturated rings. The largest absolute Gasteiger partial charge is 0.573 e. The summed E-state index contributed by atoms with van der Waals surface area (Å²) in [7, 11) is 3.95. The molecule has 4 heterocycles. The summed E-state index contributed by atoms with van der Waals surface area (Å²) >= 11 is 2.20. The summed E-state index contributed by atoms with van der Waals surface area (Å²) in [5.41, 5.74) is 0.796. The molecule has 2 aromatic heterocycles. The number of benzene rings is 3. The first-order chi connectivity index (χ1) is 30.5. The summed E-state index contributed by atoms with van der Waals surface area (Å²) in [5, 5.41) is 26.0. The molecule has 64 heavy (non-hydrogen) atoms. The van der Waals surface area contributed by atoms with Crippen molar-refractivity contribution < 1.29 is 55.1 Å². The quantitative estimate of drug-likeness (QED) is 0.0507. The third-order valence-electron chi connectivity index (χ3n) is 9.33. The molecule has 0 saturated carbocycles. The third kappa shape index (κ3) is 16.2. The minimum atomic E-state index is -4.80. The zero-order valence-corrected chi connectivity index (χ0v) is 35.8. The smallest absolute Gasteiger partial charge is 0.410 e. The summed E-state index contributed by atoms with van der Waals surface area (Å²) in [6.45, 7) is 3.69. The molecule has 3 amide bonds. The second-order valence-electron chi connectivity index (χ2n) is 13.8. The number of hydrogen-bond donors (Lipinski definition) is 5. The second kappa shape index (κ2) is 23.0. The fourth-order valence-electron chi connectivity index (χ4n) is 6.13. The van der Waals surface area contributed by atoms with Crippen molar-refractivity contribution in [1.82, 2.24) is 30.8 Å². The van der Waals surface area contributed by atoms with Gasteiger partial charge in [0.05, 0.1) is 14.7 Å². The lowest BCUT2D eigenvalue weighted by atomic mass is 10.1. The average Bonchev–Trinajstić information content (AvgIpc) is 3.94. The Kier molecular flexibility index (Phi) is 17.6. The zero-order chi connectivity index (χ0) is 46.3. The minimum absolute atomic E-state index is 0.0851. The number of carbonyl (C=O) groups excluding carboxylic acids is 2. The van der Waals surface area contributed by atoms with Crippen LogP contribution in [0.25, 0.3) is 20.9 Å². The maximum atomic E-state index is 12.4. The molecule has 0 unspecified atom stereocenters. The minimum Gasteiger partial charge on any atom is -0.410 e. The number of nitro benzene ring substituents is 1. The molecule has 2 aliphatic heterocycles. The number of thiazole rings is 2. The van der Waals surface area contributed by atoms with Crippen LogP contribution in [0.2, 0.25) is 0 Å². The number of piperidine rings is 2. The number of likely N-dealkylation sites (tertiary alicyclic amines) is 1. The number of alkyl halides is 6. The molecular formula is C40H43F6N9O7S2. The molecule has 2 aliphatic rings. The molecule has 5 aromatic rings. The molecule has 0 atom stereocenters. The van der Waals surface area contributed by atoms with Crippen LogP contribution in [0.4, 0.5) is 51.9 Å². The monoisotopic (exact) mass is 939 g/mol. The van der Waals surface area contributed by atoms with E-state index in [1.165, 1.54) is 110 Å². The van der Waals surface area contributed by atoms with E-state index < -0.39 is 23.7 Å². The highest BCUT2D eigenvalue weighted by molar-refractivity contribution is 7.19. The third-order valence-corrected chi connectivity index (χ3v) is 11.3. The van der Waals surface area contributed by atoms with E-state index in [-0.39, 0.29) is 34.1 Å². The highest BCUT2D eigenvalue weighted by Crippen LogP contribution is 2.34. The van der Waals surface area contributed by atoms with Gasteiger partial charge in [-0.2, -0.15) is 0 Å². The van der Waals surface area contributed by atoms with Crippen LogP contribution in [-0.2, 0) is 0 Å². The number of amides is 3. The molecule has 7 rings (SSSR count). The van der Waals surface area contributed by atoms with Crippen LogP contribution in [0.1, 0.15) is 25.7 Å². The van der Waals surface area contributed by atoms with Crippen molar-refractivity contribution in [3.8, 4) is 38.1 Å². The Morgan fingerprint density at radius 2 is 1.22 bits per heavy atom. The van der Waals surface area contributed by atoms with Crippen LogP contribution in [0.5, 0.6) is 17.2 Å². The molecule has 24 heteroatoms. The number of rotatable bonds is 10. The number of urea groups is 1. The van der Waals surface area contributed by atoms with E-state index in [9.17, 15) is 46.0 Å². The molecule has 0 aliphatic carbocycles. The highest BCUT2D eigenvalue weighted by Gasteiger charge is 2.32. The van der Waals surface area contributed by atoms with E-state index in [2.05, 4.69) is 46.0 Å². The summed E-state index contributed by atoms with van der Waals surface area (Å²) in [6.07, 6.45) is -3.19. The summed E-state index contributed by atoms with van der Waals surface area (Å²) in [6, 6.07) is 16.8. The van der Waals surface area contributed by atoms with Gasteiger partial charge in [-0.1, -0.05) is 46.9 Å². The number of nitrogens with one attached hydrogen (secondary N) is 5. The van der Waals surface area contributed by atoms with Crippen molar-refractivity contribution in [3.63, 3.8) is 0 Å². The van der Waals surface area contributed by atoms with Gasteiger partial charge in [-0.3, -0.25) is 20.7 Å². The highest BCUT2D eigenvalue weighted by atomic mass is 32.1. The van der Waals surface area contributed by atoms with Gasteiger partial charge in [0.1, 0.15) is 17.2 Å². The van der Waals surface area contributed by atoms with Gasteiger partial charge in [-0.25, -0.2) is 19.6 Å². The first kappa shape index (κ1) is 48.9. The molecule has 2 saturated heterocycles. The van der Waals surface area contributed by atoms with Gasteiger partial charge < -0.3 is 35.1 Å². The lowest BCUT2D eigenvalue weighted by Gasteiger charge is -2.31. The SMILES string of the molecule is CNC1CCN(C(=O)Nc2ncc(-c3cccc(OC(F)(F)F)c3)s2)CC1.CNC1CCNCC1.O=C(Nc1ncc(-c2cccc(OC(F)(F)F)c2)s1)Oc1ccc([N+](=O)[O-])cc1. The predicted molar refractivity (Wildman–Crippen MR) is 229 cm³/mol. The van der Waals surface area contributed by atoms with Crippen LogP contribution in [-0.4, -0.2) is 97.0 Å². The fourth-order valence-corrected chi connectivity index (χ4v) is 7.73. The van der Waals surface area contributed by atoms with Crippen molar-refractivity contribution in [2.24, 2.45) is 0 Å². The van der Waals surface area contributed by atoms with Crippen LogP contribution in [0, 0.1) is 10.1 Å². The molecule has 5 N–H and O–H groups in total. The van der Waals surface area contributed by atoms with Crippen LogP contribution in [0.15, 0.2) is 85.2 Å². The topological polar surface area (TPSA) is 194 Å². The van der Waals surface area contributed by atoms with E-state index in [0.29, 0.717) is 45.1 Å². The van der Waals surface area contributed by atoms with Crippen molar-refractivity contribution >= 4 is 50.7 Å². The van der Waals surface area contributed by atoms with Crippen molar-refractivity contribution in [1.29, 1.82) is 0 Å². The zero-order valence-electron chi connectivity index (χ0n) is 34.1. The van der Waals surface area contributed by atoms with Gasteiger partial charge in [0.15, 0.2) is 10.3 Å². The predicted octanol–water partition coefficient (Wildman–Crippen LogP) is 9.11. The number of aromatic nitrogens is 2. The van der Waals surface area contributed by atoms with Gasteiger partial charge in [0, 0.05) is 49.7 Å². The summed E-state index contributed by atoms with van der Waals surface area (Å²) < 4.78 is 86.9. The number of nitro groups is 1. The molecule has 0 radical (unpaired) electrons. The van der Waals surface area contributed by atoms with Gasteiger partial charge in [-0.05, 0) is 100 Å². The maximum absolute atomic E-state index is 12.4. The molecule has 0 bridgehead atoms. The van der Waals surface area contributed by atoms with Crippen LogP contribution < -0.4 is 40.8 Å². The number of ether oxygens (including phenoxy) is 3. The summed E-state index contributed by atoms with van der Waals surface area (Å²) in [4.78, 5) is 45.2. The van der Waals surface area contributed by atoms with E-state index in [1.807, 2.05) is 14.1 Å². The molecule has 0 spiro atoms. The Hall–Kier alpha value is -6.08. The van der Waals surface area contributed by atoms with E-state index >= 15 is 0 Å². The number of hydrogen-bond acceptors (Lipinski definition) is 14. The maximum Gasteiger partial charge on any atom is 0.573 e. The van der Waals surface area contributed by atoms with Gasteiger partial charge >= 0.3 is 24.8 Å². The Bertz CT molecular complexity index is 2280. The van der Waals surface area contributed by atoms with E-state index in [4.69, 9.17) is 4.74 Å². The van der Waals surface area contributed by atoms with Crippen molar-refractivity contribution in [2.45, 2.75) is 50.5 Å². The normalized spacial score (nSPS) is 14.5. The Morgan fingerprint density at radius 1 is 0.734 bits per heavy atom. The average molecular weight is 940 g/mol. The first-order valence-electron chi connectivity index (χ1n) is 19.5. The van der Waals surface area contributed by atoms with Crippen molar-refractivity contribution in [2.75, 3.05) is 50.9 Å². The van der Waals surface area contributed by atoms with Gasteiger partial charge in [-0.15, -0.1) is 26.3 Å². The lowest BCUT2D eigenvalue weighted by Crippen LogP contribution is -2.45. The lowest BCUT2D eigenvalue weighted by molar-refractivity contribution is -0.384. The Labute approximate surface area is 370 Å². The Morgan fingerprint density at radius 3 is 1.67 bits per heavy atom. The van der Waals surface area contributed by atoms with Gasteiger partial charge in [0.2, 0.25) is 0 Å². The number of anilines is 2. The number of non-ortho nitro benzene ring substituents is 1. The molecule has 3 aromatic carbocycles. The second-order valence-corrected chi connectivity index (χ2v) is 15.8. The van der Waals surface area contributed by atoms with Gasteiger partial charge in [0.25, 0.3) is 5.69 Å². The Balaban J connectivity index is 0.000000205. The van der Waals surface area contributed by atoms with Crippen molar-refractivity contribution in [3.05, 3.63) is 95.3 Å². The fraction of sp³-hybridized carbons (Fsp3) is 0.350.